The molecule has 4 aliphatic carbocycles. The van der Waals surface area contributed by atoms with Gasteiger partial charge in [0.15, 0.2) is 0 Å². The van der Waals surface area contributed by atoms with Gasteiger partial charge in [0.25, 0.3) is 0 Å². The summed E-state index contributed by atoms with van der Waals surface area (Å²) in [5, 5.41) is 10.2. The molecule has 0 saturated heterocycles. The second kappa shape index (κ2) is 6.23. The first-order chi connectivity index (χ1) is 11.8. The summed E-state index contributed by atoms with van der Waals surface area (Å²) in [5.74, 6) is 4.54. The van der Waals surface area contributed by atoms with Gasteiger partial charge in [0.2, 0.25) is 0 Å². The predicted molar refractivity (Wildman–Crippen MR) is 104 cm³/mol. The van der Waals surface area contributed by atoms with E-state index in [2.05, 4.69) is 39.8 Å². The van der Waals surface area contributed by atoms with Crippen molar-refractivity contribution in [2.75, 3.05) is 14.1 Å². The van der Waals surface area contributed by atoms with E-state index in [4.69, 9.17) is 0 Å². The van der Waals surface area contributed by atoms with E-state index >= 15 is 0 Å². The Morgan fingerprint density at radius 2 is 1.56 bits per heavy atom. The fourth-order valence-corrected chi connectivity index (χ4v) is 8.43. The molecule has 0 aromatic heterocycles. The van der Waals surface area contributed by atoms with E-state index in [1.807, 2.05) is 0 Å². The van der Waals surface area contributed by atoms with E-state index in [1.54, 1.807) is 0 Å². The number of aliphatic hydroxyl groups is 1. The van der Waals surface area contributed by atoms with Crippen molar-refractivity contribution >= 4 is 0 Å². The first kappa shape index (κ1) is 18.3. The Hall–Kier alpha value is -0.0800. The van der Waals surface area contributed by atoms with Crippen molar-refractivity contribution in [3.63, 3.8) is 0 Å². The van der Waals surface area contributed by atoms with E-state index in [-0.39, 0.29) is 6.10 Å². The SMILES string of the molecule is C[C@@H]([C@H]1CC[C@H]2[C@@H]3CC[C@H]4C[C@@H](O)CC[C@]4(C)[C@H]3CC[C@]12C)N(C)C. The van der Waals surface area contributed by atoms with Crippen LogP contribution in [0.5, 0.6) is 0 Å². The molecule has 1 N–H and O–H groups in total. The van der Waals surface area contributed by atoms with E-state index < -0.39 is 0 Å². The summed E-state index contributed by atoms with van der Waals surface area (Å²) in [4.78, 5) is 2.46. The molecule has 0 aromatic carbocycles. The number of hydrogen-bond acceptors (Lipinski definition) is 2. The van der Waals surface area contributed by atoms with Gasteiger partial charge in [-0.15, -0.1) is 0 Å². The monoisotopic (exact) mass is 347 g/mol. The predicted octanol–water partition coefficient (Wildman–Crippen LogP) is 4.96. The molecule has 0 amide bonds. The Balaban J connectivity index is 1.58. The van der Waals surface area contributed by atoms with Gasteiger partial charge in [-0.3, -0.25) is 0 Å². The van der Waals surface area contributed by atoms with Gasteiger partial charge in [0.05, 0.1) is 6.10 Å². The fourth-order valence-electron chi connectivity index (χ4n) is 8.43. The van der Waals surface area contributed by atoms with Crippen molar-refractivity contribution in [2.45, 2.75) is 90.7 Å². The largest absolute Gasteiger partial charge is 0.393 e. The molecule has 0 spiro atoms. The molecule has 4 saturated carbocycles. The molecule has 4 fully saturated rings. The average Bonchev–Trinajstić information content (AvgIpc) is 2.92. The van der Waals surface area contributed by atoms with Crippen LogP contribution in [-0.4, -0.2) is 36.2 Å². The highest BCUT2D eigenvalue weighted by Gasteiger charge is 2.60. The van der Waals surface area contributed by atoms with Crippen molar-refractivity contribution in [2.24, 2.45) is 40.4 Å². The van der Waals surface area contributed by atoms with Crippen LogP contribution in [0.1, 0.15) is 78.6 Å². The zero-order valence-electron chi connectivity index (χ0n) is 17.3. The van der Waals surface area contributed by atoms with Crippen LogP contribution in [0.25, 0.3) is 0 Å². The molecule has 4 aliphatic rings. The smallest absolute Gasteiger partial charge is 0.0543 e. The zero-order valence-corrected chi connectivity index (χ0v) is 17.3. The molecule has 9 atom stereocenters. The zero-order chi connectivity index (χ0) is 18.0. The lowest BCUT2D eigenvalue weighted by atomic mass is 9.44. The molecule has 0 radical (unpaired) electrons. The second-order valence-corrected chi connectivity index (χ2v) is 11.0. The second-order valence-electron chi connectivity index (χ2n) is 11.0. The van der Waals surface area contributed by atoms with Crippen molar-refractivity contribution in [1.82, 2.24) is 4.90 Å². The summed E-state index contributed by atoms with van der Waals surface area (Å²) in [6, 6.07) is 0.711. The summed E-state index contributed by atoms with van der Waals surface area (Å²) in [6.45, 7) is 7.73. The Morgan fingerprint density at radius 1 is 0.880 bits per heavy atom. The van der Waals surface area contributed by atoms with Crippen molar-refractivity contribution < 1.29 is 5.11 Å². The van der Waals surface area contributed by atoms with Gasteiger partial charge < -0.3 is 10.0 Å². The summed E-state index contributed by atoms with van der Waals surface area (Å²) in [5.41, 5.74) is 1.09. The van der Waals surface area contributed by atoms with E-state index in [9.17, 15) is 5.11 Å². The van der Waals surface area contributed by atoms with Crippen molar-refractivity contribution in [3.05, 3.63) is 0 Å². The minimum Gasteiger partial charge on any atom is -0.393 e. The van der Waals surface area contributed by atoms with Crippen LogP contribution >= 0.6 is 0 Å². The van der Waals surface area contributed by atoms with Crippen molar-refractivity contribution in [3.8, 4) is 0 Å². The first-order valence-electron chi connectivity index (χ1n) is 11.1. The topological polar surface area (TPSA) is 23.5 Å². The summed E-state index contributed by atoms with van der Waals surface area (Å²) in [6.07, 6.45) is 12.1. The van der Waals surface area contributed by atoms with Crippen LogP contribution in [-0.2, 0) is 0 Å². The van der Waals surface area contributed by atoms with Crippen molar-refractivity contribution in [1.29, 1.82) is 0 Å². The highest BCUT2D eigenvalue weighted by atomic mass is 16.3. The van der Waals surface area contributed by atoms with Crippen LogP contribution in [0.15, 0.2) is 0 Å². The summed E-state index contributed by atoms with van der Waals surface area (Å²) < 4.78 is 0. The molecule has 0 bridgehead atoms. The maximum Gasteiger partial charge on any atom is 0.0543 e. The number of aliphatic hydroxyl groups excluding tert-OH is 1. The Kier molecular flexibility index (Phi) is 4.56. The maximum atomic E-state index is 10.2. The maximum absolute atomic E-state index is 10.2. The molecule has 2 nitrogen and oxygen atoms in total. The summed E-state index contributed by atoms with van der Waals surface area (Å²) in [7, 11) is 4.54. The van der Waals surface area contributed by atoms with E-state index in [0.29, 0.717) is 16.9 Å². The lowest BCUT2D eigenvalue weighted by Crippen LogP contribution is -2.55. The van der Waals surface area contributed by atoms with Crippen LogP contribution in [0.2, 0.25) is 0 Å². The van der Waals surface area contributed by atoms with Crippen LogP contribution in [0.4, 0.5) is 0 Å². The van der Waals surface area contributed by atoms with Gasteiger partial charge in [0, 0.05) is 6.04 Å². The standard InChI is InChI=1S/C23H41NO/c1-15(24(4)5)19-8-9-20-18-7-6-16-14-17(25)10-12-22(16,2)21(18)11-13-23(19,20)3/h15-21,25H,6-14H2,1-5H3/t15-,16-,17-,18-,19+,20-,21-,22-,23+/m0/s1. The molecular formula is C23H41NO. The lowest BCUT2D eigenvalue weighted by molar-refractivity contribution is -0.129. The highest BCUT2D eigenvalue weighted by Crippen LogP contribution is 2.67. The van der Waals surface area contributed by atoms with Gasteiger partial charge in [-0.1, -0.05) is 13.8 Å². The first-order valence-corrected chi connectivity index (χ1v) is 11.1. The number of nitrogens with zero attached hydrogens (tertiary/aromatic N) is 1. The number of rotatable bonds is 2. The third-order valence-corrected chi connectivity index (χ3v) is 10.1. The van der Waals surface area contributed by atoms with Gasteiger partial charge in [-0.2, -0.15) is 0 Å². The van der Waals surface area contributed by atoms with Gasteiger partial charge >= 0.3 is 0 Å². The molecule has 0 aliphatic heterocycles. The normalized spacial score (nSPS) is 53.9. The molecule has 0 aromatic rings. The number of fused-ring (bicyclic) bond motifs is 5. The van der Waals surface area contributed by atoms with Gasteiger partial charge in [0.1, 0.15) is 0 Å². The fraction of sp³-hybridized carbons (Fsp3) is 1.00. The van der Waals surface area contributed by atoms with Crippen LogP contribution < -0.4 is 0 Å². The minimum absolute atomic E-state index is 0.0136. The minimum atomic E-state index is -0.0136. The quantitative estimate of drug-likeness (QED) is 0.763. The molecule has 0 unspecified atom stereocenters. The van der Waals surface area contributed by atoms with E-state index in [1.165, 1.54) is 44.9 Å². The Bertz CT molecular complexity index is 504. The Labute approximate surface area is 155 Å². The molecule has 25 heavy (non-hydrogen) atoms. The molecule has 4 rings (SSSR count). The molecule has 0 heterocycles. The highest BCUT2D eigenvalue weighted by molar-refractivity contribution is 5.10. The van der Waals surface area contributed by atoms with Gasteiger partial charge in [-0.25, -0.2) is 0 Å². The average molecular weight is 348 g/mol. The van der Waals surface area contributed by atoms with Crippen LogP contribution in [0.3, 0.4) is 0 Å². The third-order valence-electron chi connectivity index (χ3n) is 10.1. The molecular weight excluding hydrogens is 306 g/mol. The lowest BCUT2D eigenvalue weighted by Gasteiger charge is -2.61. The van der Waals surface area contributed by atoms with Gasteiger partial charge in [-0.05, 0) is 119 Å². The van der Waals surface area contributed by atoms with E-state index in [0.717, 1.165) is 42.4 Å². The third kappa shape index (κ3) is 2.64. The summed E-state index contributed by atoms with van der Waals surface area (Å²) >= 11 is 0. The number of hydrogen-bond donors (Lipinski definition) is 1. The van der Waals surface area contributed by atoms with Crippen LogP contribution in [0, 0.1) is 40.4 Å². The Morgan fingerprint density at radius 3 is 2.28 bits per heavy atom. The molecule has 2 heteroatoms. The molecule has 144 valence electrons.